The van der Waals surface area contributed by atoms with E-state index in [4.69, 9.17) is 9.63 Å². The number of rotatable bonds is 5. The van der Waals surface area contributed by atoms with Gasteiger partial charge in [0.05, 0.1) is 5.92 Å². The third-order valence-corrected chi connectivity index (χ3v) is 3.64. The number of nitrogens with one attached hydrogen (secondary N) is 1. The van der Waals surface area contributed by atoms with Crippen LogP contribution in [0.3, 0.4) is 0 Å². The molecule has 0 saturated heterocycles. The Hall–Kier alpha value is -2.63. The number of carboxylic acid groups (broad SMARTS) is 1. The average molecular weight is 302 g/mol. The number of nitrogens with zero attached hydrogens (tertiary/aromatic N) is 1. The Morgan fingerprint density at radius 3 is 2.45 bits per heavy atom. The molecule has 1 amide bonds. The number of hydrogen-bond donors (Lipinski definition) is 2. The van der Waals surface area contributed by atoms with Gasteiger partial charge in [-0.3, -0.25) is 9.59 Å². The number of benzene rings is 1. The monoisotopic (exact) mass is 302 g/mol. The van der Waals surface area contributed by atoms with Gasteiger partial charge in [-0.05, 0) is 20.8 Å². The first-order valence-corrected chi connectivity index (χ1v) is 6.97. The lowest BCUT2D eigenvalue weighted by Crippen LogP contribution is -2.40. The third kappa shape index (κ3) is 3.16. The van der Waals surface area contributed by atoms with E-state index in [-0.39, 0.29) is 0 Å². The van der Waals surface area contributed by atoms with Crippen molar-refractivity contribution in [3.8, 4) is 11.3 Å². The van der Waals surface area contributed by atoms with Gasteiger partial charge >= 0.3 is 5.97 Å². The molecule has 1 aromatic heterocycles. The highest BCUT2D eigenvalue weighted by atomic mass is 16.5. The van der Waals surface area contributed by atoms with Gasteiger partial charge in [-0.15, -0.1) is 0 Å². The molecular weight excluding hydrogens is 284 g/mol. The van der Waals surface area contributed by atoms with Crippen molar-refractivity contribution in [2.24, 2.45) is 5.92 Å². The summed E-state index contributed by atoms with van der Waals surface area (Å²) in [4.78, 5) is 23.4. The molecule has 6 heteroatoms. The third-order valence-electron chi connectivity index (χ3n) is 3.64. The Morgan fingerprint density at radius 1 is 1.23 bits per heavy atom. The van der Waals surface area contributed by atoms with Crippen LogP contribution in [0, 0.1) is 12.8 Å². The molecule has 1 heterocycles. The predicted octanol–water partition coefficient (Wildman–Crippen LogP) is 2.49. The summed E-state index contributed by atoms with van der Waals surface area (Å²) in [7, 11) is 0. The van der Waals surface area contributed by atoms with Crippen LogP contribution in [0.4, 0.5) is 0 Å². The van der Waals surface area contributed by atoms with Gasteiger partial charge in [0.1, 0.15) is 17.0 Å². The van der Waals surface area contributed by atoms with Crippen molar-refractivity contribution in [3.63, 3.8) is 0 Å². The molecule has 22 heavy (non-hydrogen) atoms. The summed E-state index contributed by atoms with van der Waals surface area (Å²) >= 11 is 0. The SMILES string of the molecule is Cc1onc(-c2ccccc2)c1C(=O)NC(C)C(C)C(=O)O. The molecule has 0 spiro atoms. The molecule has 0 aliphatic heterocycles. The second-order valence-electron chi connectivity index (χ2n) is 5.22. The Morgan fingerprint density at radius 2 is 1.86 bits per heavy atom. The van der Waals surface area contributed by atoms with E-state index in [0.29, 0.717) is 17.0 Å². The molecule has 0 radical (unpaired) electrons. The van der Waals surface area contributed by atoms with Crippen LogP contribution in [-0.2, 0) is 4.79 Å². The lowest BCUT2D eigenvalue weighted by atomic mass is 10.0. The van der Waals surface area contributed by atoms with E-state index in [1.807, 2.05) is 30.3 Å². The van der Waals surface area contributed by atoms with Gasteiger partial charge in [0.25, 0.3) is 5.91 Å². The van der Waals surface area contributed by atoms with Gasteiger partial charge in [-0.25, -0.2) is 0 Å². The van der Waals surface area contributed by atoms with Crippen LogP contribution in [0.15, 0.2) is 34.9 Å². The van der Waals surface area contributed by atoms with Crippen LogP contribution in [0.25, 0.3) is 11.3 Å². The lowest BCUT2D eigenvalue weighted by molar-refractivity contribution is -0.141. The summed E-state index contributed by atoms with van der Waals surface area (Å²) in [5.74, 6) is -1.65. The maximum Gasteiger partial charge on any atom is 0.308 e. The molecule has 0 aliphatic rings. The van der Waals surface area contributed by atoms with Gasteiger partial charge in [-0.2, -0.15) is 0 Å². The van der Waals surface area contributed by atoms with E-state index in [0.717, 1.165) is 5.56 Å². The highest BCUT2D eigenvalue weighted by Gasteiger charge is 2.26. The van der Waals surface area contributed by atoms with E-state index >= 15 is 0 Å². The molecule has 0 saturated carbocycles. The van der Waals surface area contributed by atoms with Crippen molar-refractivity contribution < 1.29 is 19.2 Å². The lowest BCUT2D eigenvalue weighted by Gasteiger charge is -2.17. The molecule has 2 unspecified atom stereocenters. The summed E-state index contributed by atoms with van der Waals surface area (Å²) in [6, 6.07) is 8.70. The molecule has 0 bridgehead atoms. The minimum atomic E-state index is -0.960. The van der Waals surface area contributed by atoms with Crippen LogP contribution in [0.1, 0.15) is 30.0 Å². The number of aliphatic carboxylic acids is 1. The number of hydrogen-bond acceptors (Lipinski definition) is 4. The number of carboxylic acids is 1. The van der Waals surface area contributed by atoms with Gasteiger partial charge in [0.2, 0.25) is 0 Å². The van der Waals surface area contributed by atoms with Crippen LogP contribution in [0.5, 0.6) is 0 Å². The first-order chi connectivity index (χ1) is 10.4. The molecule has 6 nitrogen and oxygen atoms in total. The van der Waals surface area contributed by atoms with Crippen LogP contribution >= 0.6 is 0 Å². The quantitative estimate of drug-likeness (QED) is 0.885. The zero-order valence-corrected chi connectivity index (χ0v) is 12.7. The Balaban J connectivity index is 2.28. The molecule has 2 rings (SSSR count). The van der Waals surface area contributed by atoms with Crippen molar-refractivity contribution in [2.75, 3.05) is 0 Å². The number of aryl methyl sites for hydroxylation is 1. The van der Waals surface area contributed by atoms with E-state index in [1.165, 1.54) is 0 Å². The fourth-order valence-corrected chi connectivity index (χ4v) is 2.05. The first kappa shape index (κ1) is 15.8. The first-order valence-electron chi connectivity index (χ1n) is 6.97. The Bertz CT molecular complexity index is 679. The normalized spacial score (nSPS) is 13.4. The highest BCUT2D eigenvalue weighted by Crippen LogP contribution is 2.25. The largest absolute Gasteiger partial charge is 0.481 e. The summed E-state index contributed by atoms with van der Waals surface area (Å²) in [6.45, 7) is 4.85. The van der Waals surface area contributed by atoms with Crippen LogP contribution < -0.4 is 5.32 Å². The zero-order chi connectivity index (χ0) is 16.3. The molecule has 0 aliphatic carbocycles. The minimum absolute atomic E-state index is 0.329. The van der Waals surface area contributed by atoms with Gasteiger partial charge in [0.15, 0.2) is 0 Å². The predicted molar refractivity (Wildman–Crippen MR) is 80.4 cm³/mol. The van der Waals surface area contributed by atoms with Crippen molar-refractivity contribution in [1.82, 2.24) is 10.5 Å². The van der Waals surface area contributed by atoms with E-state index in [1.54, 1.807) is 20.8 Å². The maximum absolute atomic E-state index is 12.5. The topological polar surface area (TPSA) is 92.4 Å². The molecule has 2 aromatic rings. The number of aromatic nitrogens is 1. The summed E-state index contributed by atoms with van der Waals surface area (Å²) in [6.07, 6.45) is 0. The molecule has 2 atom stereocenters. The zero-order valence-electron chi connectivity index (χ0n) is 12.7. The van der Waals surface area contributed by atoms with Crippen LogP contribution in [0.2, 0.25) is 0 Å². The van der Waals surface area contributed by atoms with E-state index < -0.39 is 23.8 Å². The molecular formula is C16H18N2O4. The van der Waals surface area contributed by atoms with Gasteiger partial charge in [-0.1, -0.05) is 35.5 Å². The fourth-order valence-electron chi connectivity index (χ4n) is 2.05. The van der Waals surface area contributed by atoms with Gasteiger partial charge < -0.3 is 14.9 Å². The minimum Gasteiger partial charge on any atom is -0.481 e. The number of carbonyl (C=O) groups is 2. The standard InChI is InChI=1S/C16H18N2O4/c1-9(16(20)21)10(2)17-15(19)13-11(3)22-18-14(13)12-7-5-4-6-8-12/h4-10H,1-3H3,(H,17,19)(H,20,21). The molecule has 0 fully saturated rings. The molecule has 1 aromatic carbocycles. The van der Waals surface area contributed by atoms with Crippen molar-refractivity contribution in [2.45, 2.75) is 26.8 Å². The Kier molecular flexibility index (Phi) is 4.60. The maximum atomic E-state index is 12.5. The molecule has 2 N–H and O–H groups in total. The fraction of sp³-hybridized carbons (Fsp3) is 0.312. The summed E-state index contributed by atoms with van der Waals surface area (Å²) < 4.78 is 5.13. The van der Waals surface area contributed by atoms with Gasteiger partial charge in [0, 0.05) is 11.6 Å². The number of carbonyl (C=O) groups excluding carboxylic acids is 1. The second-order valence-corrected chi connectivity index (χ2v) is 5.22. The van der Waals surface area contributed by atoms with E-state index in [2.05, 4.69) is 10.5 Å². The highest BCUT2D eigenvalue weighted by molar-refractivity contribution is 6.01. The van der Waals surface area contributed by atoms with Crippen molar-refractivity contribution in [1.29, 1.82) is 0 Å². The summed E-state index contributed by atoms with van der Waals surface area (Å²) in [5.41, 5.74) is 1.55. The Labute approximate surface area is 128 Å². The number of amides is 1. The summed E-state index contributed by atoms with van der Waals surface area (Å²) in [5, 5.41) is 15.6. The smallest absolute Gasteiger partial charge is 0.308 e. The molecule has 116 valence electrons. The average Bonchev–Trinajstić information content (AvgIpc) is 2.88. The van der Waals surface area contributed by atoms with Crippen molar-refractivity contribution >= 4 is 11.9 Å². The van der Waals surface area contributed by atoms with Crippen molar-refractivity contribution in [3.05, 3.63) is 41.7 Å². The van der Waals surface area contributed by atoms with Crippen LogP contribution in [-0.4, -0.2) is 28.2 Å². The van der Waals surface area contributed by atoms with E-state index in [9.17, 15) is 9.59 Å². The second kappa shape index (κ2) is 6.43.